The van der Waals surface area contributed by atoms with Gasteiger partial charge in [-0.25, -0.2) is 4.99 Å². The van der Waals surface area contributed by atoms with E-state index in [0.717, 1.165) is 0 Å². The van der Waals surface area contributed by atoms with Crippen molar-refractivity contribution in [3.8, 4) is 0 Å². The first-order chi connectivity index (χ1) is 7.70. The van der Waals surface area contributed by atoms with Gasteiger partial charge in [-0.15, -0.1) is 0 Å². The Balaban J connectivity index is 1.83. The van der Waals surface area contributed by atoms with Crippen molar-refractivity contribution < 1.29 is 19.7 Å². The van der Waals surface area contributed by atoms with E-state index in [1.54, 1.807) is 17.2 Å². The minimum atomic E-state index is -0.842. The van der Waals surface area contributed by atoms with Crippen LogP contribution in [-0.2, 0) is 9.47 Å². The Kier molecular flexibility index (Phi) is 2.15. The third-order valence-electron chi connectivity index (χ3n) is 3.00. The number of fused-ring (bicyclic) bond motifs is 3. The van der Waals surface area contributed by atoms with Gasteiger partial charge in [0.1, 0.15) is 24.1 Å². The number of aliphatic hydroxyl groups is 2. The monoisotopic (exact) mass is 227 g/mol. The molecule has 7 heteroatoms. The summed E-state index contributed by atoms with van der Waals surface area (Å²) in [6.45, 7) is -0.231. The summed E-state index contributed by atoms with van der Waals surface area (Å²) < 4.78 is 11.0. The maximum Gasteiger partial charge on any atom is 0.232 e. The van der Waals surface area contributed by atoms with Crippen LogP contribution in [0.1, 0.15) is 0 Å². The molecular weight excluding hydrogens is 214 g/mol. The predicted molar refractivity (Wildman–Crippen MR) is 53.0 cm³/mol. The summed E-state index contributed by atoms with van der Waals surface area (Å²) in [4.78, 5) is 5.81. The number of amidine groups is 1. The van der Waals surface area contributed by atoms with Gasteiger partial charge in [-0.1, -0.05) is 0 Å². The standard InChI is InChI=1S/C9H13N3O4/c10-5-1-2-12-8-7(16-9(12)11-5)6(14)4(3-13)15-8/h1-2,4,6-9,13-14H,3H2,(H2,10,11)/t4-,6-,7-,8?,9?/m1/s1. The molecule has 4 N–H and O–H groups in total. The average molecular weight is 227 g/mol. The van der Waals surface area contributed by atoms with E-state index in [4.69, 9.17) is 20.3 Å². The molecule has 5 atom stereocenters. The summed E-state index contributed by atoms with van der Waals surface area (Å²) in [7, 11) is 0. The van der Waals surface area contributed by atoms with E-state index in [9.17, 15) is 5.11 Å². The number of hydrogen-bond donors (Lipinski definition) is 3. The van der Waals surface area contributed by atoms with Gasteiger partial charge < -0.3 is 30.3 Å². The van der Waals surface area contributed by atoms with E-state index in [1.807, 2.05) is 0 Å². The molecule has 0 bridgehead atoms. The van der Waals surface area contributed by atoms with Crippen LogP contribution < -0.4 is 5.73 Å². The molecule has 0 spiro atoms. The normalized spacial score (nSPS) is 45.5. The zero-order valence-corrected chi connectivity index (χ0v) is 8.43. The molecule has 3 aliphatic rings. The second-order valence-electron chi connectivity index (χ2n) is 3.98. The topological polar surface area (TPSA) is 101 Å². The molecule has 2 fully saturated rings. The first-order valence-electron chi connectivity index (χ1n) is 5.09. The Hall–Kier alpha value is -1.15. The highest BCUT2D eigenvalue weighted by Gasteiger charge is 2.54. The number of ether oxygens (including phenoxy) is 2. The van der Waals surface area contributed by atoms with Gasteiger partial charge in [-0.2, -0.15) is 0 Å². The molecule has 0 aliphatic carbocycles. The number of aliphatic hydroxyl groups excluding tert-OH is 2. The summed E-state index contributed by atoms with van der Waals surface area (Å²) in [5.74, 6) is 0.384. The van der Waals surface area contributed by atoms with Gasteiger partial charge in [-0.05, 0) is 6.08 Å². The predicted octanol–water partition coefficient (Wildman–Crippen LogP) is -2.07. The molecule has 16 heavy (non-hydrogen) atoms. The van der Waals surface area contributed by atoms with Gasteiger partial charge in [0.25, 0.3) is 0 Å². The molecule has 0 aromatic carbocycles. The van der Waals surface area contributed by atoms with Gasteiger partial charge in [0.15, 0.2) is 6.23 Å². The molecule has 0 aromatic heterocycles. The lowest BCUT2D eigenvalue weighted by atomic mass is 10.1. The minimum absolute atomic E-state index is 0.231. The lowest BCUT2D eigenvalue weighted by molar-refractivity contribution is -0.0910. The van der Waals surface area contributed by atoms with Gasteiger partial charge in [-0.3, -0.25) is 0 Å². The van der Waals surface area contributed by atoms with Crippen molar-refractivity contribution in [2.75, 3.05) is 6.61 Å². The van der Waals surface area contributed by atoms with E-state index in [2.05, 4.69) is 4.99 Å². The fraction of sp³-hybridized carbons (Fsp3) is 0.667. The first kappa shape index (κ1) is 10.0. The lowest BCUT2D eigenvalue weighted by Crippen LogP contribution is -2.37. The Labute approximate surface area is 91.8 Å². The Morgan fingerprint density at radius 1 is 1.50 bits per heavy atom. The van der Waals surface area contributed by atoms with Crippen LogP contribution in [0.4, 0.5) is 0 Å². The Morgan fingerprint density at radius 2 is 2.31 bits per heavy atom. The summed E-state index contributed by atoms with van der Waals surface area (Å²) in [5.41, 5.74) is 5.54. The maximum absolute atomic E-state index is 9.83. The highest BCUT2D eigenvalue weighted by molar-refractivity contribution is 5.91. The van der Waals surface area contributed by atoms with Crippen LogP contribution in [0, 0.1) is 0 Å². The first-order valence-corrected chi connectivity index (χ1v) is 5.09. The van der Waals surface area contributed by atoms with Crippen LogP contribution in [0.2, 0.25) is 0 Å². The van der Waals surface area contributed by atoms with E-state index in [0.29, 0.717) is 5.84 Å². The Bertz CT molecular complexity index is 359. The summed E-state index contributed by atoms with van der Waals surface area (Å²) >= 11 is 0. The molecule has 2 unspecified atom stereocenters. The highest BCUT2D eigenvalue weighted by Crippen LogP contribution is 2.36. The number of nitrogens with two attached hydrogens (primary N) is 1. The van der Waals surface area contributed by atoms with Crippen LogP contribution in [0.25, 0.3) is 0 Å². The fourth-order valence-corrected chi connectivity index (χ4v) is 2.18. The molecule has 2 saturated heterocycles. The molecule has 88 valence electrons. The average Bonchev–Trinajstić information content (AvgIpc) is 2.75. The number of nitrogens with zero attached hydrogens (tertiary/aromatic N) is 2. The van der Waals surface area contributed by atoms with Crippen molar-refractivity contribution in [3.05, 3.63) is 12.3 Å². The van der Waals surface area contributed by atoms with Gasteiger partial charge in [0, 0.05) is 6.20 Å². The maximum atomic E-state index is 9.83. The molecule has 0 radical (unpaired) electrons. The van der Waals surface area contributed by atoms with Gasteiger partial charge >= 0.3 is 0 Å². The van der Waals surface area contributed by atoms with Crippen LogP contribution in [0.3, 0.4) is 0 Å². The smallest absolute Gasteiger partial charge is 0.232 e. The second kappa shape index (κ2) is 3.42. The molecule has 0 amide bonds. The van der Waals surface area contributed by atoms with Crippen LogP contribution >= 0.6 is 0 Å². The number of rotatable bonds is 1. The van der Waals surface area contributed by atoms with Crippen molar-refractivity contribution >= 4 is 5.84 Å². The van der Waals surface area contributed by atoms with Gasteiger partial charge in [0.05, 0.1) is 6.61 Å². The molecule has 3 rings (SSSR count). The van der Waals surface area contributed by atoms with Crippen molar-refractivity contribution in [1.82, 2.24) is 4.90 Å². The fourth-order valence-electron chi connectivity index (χ4n) is 2.18. The molecule has 0 saturated carbocycles. The van der Waals surface area contributed by atoms with Crippen LogP contribution in [-0.4, -0.2) is 58.4 Å². The third-order valence-corrected chi connectivity index (χ3v) is 3.00. The molecule has 7 nitrogen and oxygen atoms in total. The number of aliphatic imine (C=N–C) groups is 1. The summed E-state index contributed by atoms with van der Waals surface area (Å²) in [6, 6.07) is 0. The molecule has 3 aliphatic heterocycles. The van der Waals surface area contributed by atoms with Crippen molar-refractivity contribution in [1.29, 1.82) is 0 Å². The number of hydrogen-bond acceptors (Lipinski definition) is 7. The van der Waals surface area contributed by atoms with Crippen molar-refractivity contribution in [2.45, 2.75) is 30.9 Å². The summed E-state index contributed by atoms with van der Waals surface area (Å²) in [5, 5.41) is 18.8. The minimum Gasteiger partial charge on any atom is -0.394 e. The van der Waals surface area contributed by atoms with Crippen molar-refractivity contribution in [2.24, 2.45) is 10.7 Å². The largest absolute Gasteiger partial charge is 0.394 e. The lowest BCUT2D eigenvalue weighted by Gasteiger charge is -2.26. The quantitative estimate of drug-likeness (QED) is 0.476. The Morgan fingerprint density at radius 3 is 3.06 bits per heavy atom. The zero-order chi connectivity index (χ0) is 11.3. The molecule has 0 aromatic rings. The highest BCUT2D eigenvalue weighted by atomic mass is 16.6. The molecule has 3 heterocycles. The van der Waals surface area contributed by atoms with E-state index < -0.39 is 30.9 Å². The summed E-state index contributed by atoms with van der Waals surface area (Å²) in [6.07, 6.45) is 0.480. The van der Waals surface area contributed by atoms with Crippen molar-refractivity contribution in [3.63, 3.8) is 0 Å². The van der Waals surface area contributed by atoms with E-state index in [-0.39, 0.29) is 6.61 Å². The second-order valence-corrected chi connectivity index (χ2v) is 3.98. The zero-order valence-electron chi connectivity index (χ0n) is 8.43. The third kappa shape index (κ3) is 1.26. The molecular formula is C9H13N3O4. The van der Waals surface area contributed by atoms with E-state index in [1.165, 1.54) is 0 Å². The SMILES string of the molecule is NC1=NC2O[C@H]3C(O[C@H](CO)[C@H]3O)N2C=C1. The van der Waals surface area contributed by atoms with Crippen LogP contribution in [0.15, 0.2) is 17.3 Å². The van der Waals surface area contributed by atoms with E-state index >= 15 is 0 Å². The van der Waals surface area contributed by atoms with Gasteiger partial charge in [0.2, 0.25) is 6.35 Å². The van der Waals surface area contributed by atoms with Crippen LogP contribution in [0.5, 0.6) is 0 Å².